The molecule has 3 rings (SSSR count). The maximum absolute atomic E-state index is 9.73. The lowest BCUT2D eigenvalue weighted by Crippen LogP contribution is -2.36. The minimum atomic E-state index is 0.293. The summed E-state index contributed by atoms with van der Waals surface area (Å²) >= 11 is 5.88. The van der Waals surface area contributed by atoms with Crippen LogP contribution in [0.25, 0.3) is 10.8 Å². The van der Waals surface area contributed by atoms with Crippen LogP contribution in [0.3, 0.4) is 0 Å². The Kier molecular flexibility index (Phi) is 3.97. The predicted octanol–water partition coefficient (Wildman–Crippen LogP) is 3.79. The molecule has 0 aliphatic carbocycles. The number of piperidine rings is 1. The molecule has 0 saturated carbocycles. The maximum atomic E-state index is 9.73. The second kappa shape index (κ2) is 5.88. The fourth-order valence-corrected chi connectivity index (χ4v) is 3.35. The average molecular weight is 291 g/mol. The number of halogens is 1. The van der Waals surface area contributed by atoms with E-state index in [1.165, 1.54) is 12.8 Å². The second-order valence-corrected chi connectivity index (χ2v) is 5.85. The van der Waals surface area contributed by atoms with Gasteiger partial charge in [-0.3, -0.25) is 0 Å². The van der Waals surface area contributed by atoms with Crippen LogP contribution >= 0.6 is 11.6 Å². The zero-order valence-corrected chi connectivity index (χ0v) is 12.2. The Morgan fingerprint density at radius 2 is 2.25 bits per heavy atom. The molecule has 1 aromatic heterocycles. The number of alkyl halides is 1. The molecule has 1 aliphatic heterocycles. The lowest BCUT2D eigenvalue weighted by Gasteiger charge is -2.34. The summed E-state index contributed by atoms with van der Waals surface area (Å²) in [7, 11) is 0. The molecule has 20 heavy (non-hydrogen) atoms. The Balaban J connectivity index is 1.94. The number of hydrogen-bond acceptors (Lipinski definition) is 3. The van der Waals surface area contributed by atoms with Crippen LogP contribution in [0.5, 0.6) is 5.75 Å². The van der Waals surface area contributed by atoms with Gasteiger partial charge in [0.15, 0.2) is 0 Å². The quantitative estimate of drug-likeness (QED) is 0.874. The van der Waals surface area contributed by atoms with Crippen LogP contribution in [-0.2, 0) is 0 Å². The fraction of sp³-hybridized carbons (Fsp3) is 0.438. The number of aromatic hydroxyl groups is 1. The molecule has 2 heterocycles. The summed E-state index contributed by atoms with van der Waals surface area (Å²) in [6.07, 6.45) is 5.34. The molecule has 1 atom stereocenters. The lowest BCUT2D eigenvalue weighted by molar-refractivity contribution is 0.405. The molecule has 0 bridgehead atoms. The molecular formula is C16H19ClN2O. The van der Waals surface area contributed by atoms with E-state index in [1.54, 1.807) is 6.07 Å². The highest BCUT2D eigenvalue weighted by atomic mass is 35.5. The molecule has 1 saturated heterocycles. The van der Waals surface area contributed by atoms with Crippen LogP contribution in [0.4, 0.5) is 5.82 Å². The van der Waals surface area contributed by atoms with Crippen molar-refractivity contribution in [1.82, 2.24) is 4.98 Å². The molecule has 1 fully saturated rings. The number of phenolic OH excluding ortho intramolecular Hbond substituents is 1. The molecule has 1 aliphatic rings. The van der Waals surface area contributed by atoms with Gasteiger partial charge in [0.05, 0.1) is 0 Å². The Morgan fingerprint density at radius 3 is 3.10 bits per heavy atom. The van der Waals surface area contributed by atoms with E-state index >= 15 is 0 Å². The number of fused-ring (bicyclic) bond motifs is 1. The molecule has 3 nitrogen and oxygen atoms in total. The van der Waals surface area contributed by atoms with E-state index in [-0.39, 0.29) is 0 Å². The van der Waals surface area contributed by atoms with Crippen molar-refractivity contribution >= 4 is 28.2 Å². The Bertz CT molecular complexity index is 600. The first kappa shape index (κ1) is 13.5. The van der Waals surface area contributed by atoms with Gasteiger partial charge in [0, 0.05) is 30.6 Å². The van der Waals surface area contributed by atoms with Gasteiger partial charge in [0.25, 0.3) is 0 Å². The number of hydrogen-bond donors (Lipinski definition) is 1. The first-order chi connectivity index (χ1) is 9.78. The second-order valence-electron chi connectivity index (χ2n) is 5.47. The molecule has 106 valence electrons. The molecule has 1 N–H and O–H groups in total. The Morgan fingerprint density at radius 1 is 1.35 bits per heavy atom. The summed E-state index contributed by atoms with van der Waals surface area (Å²) in [5, 5.41) is 11.9. The normalized spacial score (nSPS) is 19.4. The summed E-state index contributed by atoms with van der Waals surface area (Å²) in [5.41, 5.74) is 0. The fourth-order valence-electron chi connectivity index (χ4n) is 3.04. The lowest BCUT2D eigenvalue weighted by atomic mass is 9.95. The van der Waals surface area contributed by atoms with E-state index in [2.05, 4.69) is 9.88 Å². The van der Waals surface area contributed by atoms with Gasteiger partial charge in [-0.1, -0.05) is 6.07 Å². The summed E-state index contributed by atoms with van der Waals surface area (Å²) in [6.45, 7) is 2.04. The molecular weight excluding hydrogens is 272 g/mol. The number of benzene rings is 1. The average Bonchev–Trinajstić information content (AvgIpc) is 2.47. The third-order valence-corrected chi connectivity index (χ3v) is 4.28. The Hall–Kier alpha value is -1.48. The molecule has 1 aromatic carbocycles. The summed E-state index contributed by atoms with van der Waals surface area (Å²) in [5.74, 6) is 2.65. The van der Waals surface area contributed by atoms with E-state index in [4.69, 9.17) is 11.6 Å². The standard InChI is InChI=1S/C16H19ClN2O/c17-7-5-12-2-1-9-19(11-12)16-15-10-14(20)4-3-13(15)6-8-18-16/h3-4,6,8,10,12,20H,1-2,5,7,9,11H2. The highest BCUT2D eigenvalue weighted by Gasteiger charge is 2.21. The summed E-state index contributed by atoms with van der Waals surface area (Å²) in [4.78, 5) is 6.88. The topological polar surface area (TPSA) is 36.4 Å². The smallest absolute Gasteiger partial charge is 0.136 e. The first-order valence-electron chi connectivity index (χ1n) is 7.16. The maximum Gasteiger partial charge on any atom is 0.136 e. The van der Waals surface area contributed by atoms with Crippen molar-refractivity contribution in [1.29, 1.82) is 0 Å². The predicted molar refractivity (Wildman–Crippen MR) is 83.7 cm³/mol. The van der Waals surface area contributed by atoms with Crippen molar-refractivity contribution in [2.24, 2.45) is 5.92 Å². The van der Waals surface area contributed by atoms with Crippen molar-refractivity contribution in [2.45, 2.75) is 19.3 Å². The largest absolute Gasteiger partial charge is 0.508 e. The number of pyridine rings is 1. The molecule has 0 spiro atoms. The minimum Gasteiger partial charge on any atom is -0.508 e. The van der Waals surface area contributed by atoms with Crippen LogP contribution in [-0.4, -0.2) is 29.1 Å². The van der Waals surface area contributed by atoms with Gasteiger partial charge in [-0.2, -0.15) is 0 Å². The van der Waals surface area contributed by atoms with Crippen molar-refractivity contribution in [3.8, 4) is 5.75 Å². The minimum absolute atomic E-state index is 0.293. The van der Waals surface area contributed by atoms with Crippen LogP contribution < -0.4 is 4.90 Å². The molecule has 1 unspecified atom stereocenters. The third-order valence-electron chi connectivity index (χ3n) is 4.06. The SMILES string of the molecule is Oc1ccc2ccnc(N3CCCC(CCCl)C3)c2c1. The van der Waals surface area contributed by atoms with Crippen molar-refractivity contribution in [3.05, 3.63) is 30.5 Å². The number of aromatic nitrogens is 1. The Labute approximate surface area is 124 Å². The van der Waals surface area contributed by atoms with Crippen LogP contribution in [0.2, 0.25) is 0 Å². The zero-order chi connectivity index (χ0) is 13.9. The van der Waals surface area contributed by atoms with E-state index in [0.29, 0.717) is 11.7 Å². The van der Waals surface area contributed by atoms with E-state index in [9.17, 15) is 5.11 Å². The third kappa shape index (κ3) is 2.68. The van der Waals surface area contributed by atoms with Crippen molar-refractivity contribution in [2.75, 3.05) is 23.9 Å². The number of nitrogens with zero attached hydrogens (tertiary/aromatic N) is 2. The van der Waals surface area contributed by atoms with Crippen molar-refractivity contribution in [3.63, 3.8) is 0 Å². The van der Waals surface area contributed by atoms with Crippen LogP contribution in [0.15, 0.2) is 30.5 Å². The monoisotopic (exact) mass is 290 g/mol. The van der Waals surface area contributed by atoms with Crippen LogP contribution in [0.1, 0.15) is 19.3 Å². The van der Waals surface area contributed by atoms with Gasteiger partial charge in [0.2, 0.25) is 0 Å². The van der Waals surface area contributed by atoms with E-state index < -0.39 is 0 Å². The van der Waals surface area contributed by atoms with Gasteiger partial charge < -0.3 is 10.0 Å². The van der Waals surface area contributed by atoms with Crippen LogP contribution in [0, 0.1) is 5.92 Å². The highest BCUT2D eigenvalue weighted by Crippen LogP contribution is 2.31. The zero-order valence-electron chi connectivity index (χ0n) is 11.4. The van der Waals surface area contributed by atoms with Crippen molar-refractivity contribution < 1.29 is 5.11 Å². The summed E-state index contributed by atoms with van der Waals surface area (Å²) in [6, 6.07) is 7.45. The van der Waals surface area contributed by atoms with E-state index in [0.717, 1.165) is 42.0 Å². The van der Waals surface area contributed by atoms with E-state index in [1.807, 2.05) is 24.4 Å². The van der Waals surface area contributed by atoms with Gasteiger partial charge in [-0.15, -0.1) is 11.6 Å². The van der Waals surface area contributed by atoms with Gasteiger partial charge in [-0.05, 0) is 48.8 Å². The van der Waals surface area contributed by atoms with Gasteiger partial charge in [0.1, 0.15) is 11.6 Å². The first-order valence-corrected chi connectivity index (χ1v) is 7.70. The number of phenols is 1. The molecule has 0 amide bonds. The number of rotatable bonds is 3. The molecule has 4 heteroatoms. The number of anilines is 1. The van der Waals surface area contributed by atoms with Gasteiger partial charge in [-0.25, -0.2) is 4.98 Å². The van der Waals surface area contributed by atoms with Gasteiger partial charge >= 0.3 is 0 Å². The molecule has 0 radical (unpaired) electrons. The summed E-state index contributed by atoms with van der Waals surface area (Å²) < 4.78 is 0. The highest BCUT2D eigenvalue weighted by molar-refractivity contribution is 6.17. The molecule has 2 aromatic rings.